The zero-order valence-corrected chi connectivity index (χ0v) is 12.5. The maximum Gasteiger partial charge on any atom is 0.272 e. The molecule has 114 valence electrons. The number of rotatable bonds is 3. The molecule has 0 aliphatic carbocycles. The summed E-state index contributed by atoms with van der Waals surface area (Å²) in [6.07, 6.45) is 1.41. The summed E-state index contributed by atoms with van der Waals surface area (Å²) in [5.74, 6) is 0.527. The van der Waals surface area contributed by atoms with Crippen LogP contribution in [0.4, 0.5) is 11.5 Å². The lowest BCUT2D eigenvalue weighted by atomic mass is 10.2. The van der Waals surface area contributed by atoms with Crippen LogP contribution in [0.1, 0.15) is 16.1 Å². The van der Waals surface area contributed by atoms with Gasteiger partial charge in [-0.2, -0.15) is 0 Å². The molecule has 0 radical (unpaired) electrons. The second kappa shape index (κ2) is 6.53. The number of aromatic nitrogens is 2. The summed E-state index contributed by atoms with van der Waals surface area (Å²) in [5.41, 5.74) is 2.47. The maximum absolute atomic E-state index is 12.4. The summed E-state index contributed by atoms with van der Waals surface area (Å²) in [7, 11) is 0. The van der Waals surface area contributed by atoms with Gasteiger partial charge in [0.2, 0.25) is 0 Å². The lowest BCUT2D eigenvalue weighted by Crippen LogP contribution is -2.41. The van der Waals surface area contributed by atoms with Gasteiger partial charge < -0.3 is 15.0 Å². The molecular formula is C16H18N4O2. The van der Waals surface area contributed by atoms with Crippen LogP contribution in [0.2, 0.25) is 0 Å². The maximum atomic E-state index is 12.4. The quantitative estimate of drug-likeness (QED) is 0.938. The Kier molecular flexibility index (Phi) is 4.29. The lowest BCUT2D eigenvalue weighted by molar-refractivity contribution is 0.0299. The Balaban J connectivity index is 1.77. The Morgan fingerprint density at radius 3 is 2.77 bits per heavy atom. The average Bonchev–Trinajstić information content (AvgIpc) is 2.57. The number of nitrogens with one attached hydrogen (secondary N) is 1. The molecule has 1 aliphatic heterocycles. The summed E-state index contributed by atoms with van der Waals surface area (Å²) in [6.45, 7) is 4.37. The minimum Gasteiger partial charge on any atom is -0.378 e. The number of ether oxygens (including phenoxy) is 1. The zero-order chi connectivity index (χ0) is 15.4. The van der Waals surface area contributed by atoms with Crippen LogP contribution in [0.3, 0.4) is 0 Å². The Labute approximate surface area is 129 Å². The summed E-state index contributed by atoms with van der Waals surface area (Å²) in [5, 5.41) is 3.22. The molecule has 2 heterocycles. The number of carbonyl (C=O) groups is 1. The van der Waals surface area contributed by atoms with Crippen molar-refractivity contribution in [2.45, 2.75) is 6.92 Å². The van der Waals surface area contributed by atoms with E-state index in [0.717, 1.165) is 11.3 Å². The van der Waals surface area contributed by atoms with E-state index >= 15 is 0 Å². The first-order chi connectivity index (χ1) is 10.7. The standard InChI is InChI=1S/C16H18N4O2/c1-12-4-2-3-5-13(12)19-15-10-14(17-11-18-15)16(21)20-6-8-22-9-7-20/h2-5,10-11H,6-9H2,1H3,(H,17,18,19). The predicted molar refractivity (Wildman–Crippen MR) is 83.2 cm³/mol. The van der Waals surface area contributed by atoms with Gasteiger partial charge >= 0.3 is 0 Å². The van der Waals surface area contributed by atoms with E-state index in [1.54, 1.807) is 11.0 Å². The van der Waals surface area contributed by atoms with E-state index < -0.39 is 0 Å². The molecule has 6 heteroatoms. The SMILES string of the molecule is Cc1ccccc1Nc1cc(C(=O)N2CCOCC2)ncn1. The van der Waals surface area contributed by atoms with Crippen LogP contribution in [0.25, 0.3) is 0 Å². The number of benzene rings is 1. The molecule has 1 aromatic heterocycles. The molecule has 1 N–H and O–H groups in total. The molecule has 22 heavy (non-hydrogen) atoms. The zero-order valence-electron chi connectivity index (χ0n) is 12.5. The van der Waals surface area contributed by atoms with Gasteiger partial charge in [-0.1, -0.05) is 18.2 Å². The summed E-state index contributed by atoms with van der Waals surface area (Å²) in [4.78, 5) is 22.5. The molecule has 3 rings (SSSR count). The van der Waals surface area contributed by atoms with E-state index in [-0.39, 0.29) is 5.91 Å². The lowest BCUT2D eigenvalue weighted by Gasteiger charge is -2.26. The Bertz CT molecular complexity index is 669. The number of aryl methyl sites for hydroxylation is 1. The first-order valence-electron chi connectivity index (χ1n) is 7.26. The van der Waals surface area contributed by atoms with Gasteiger partial charge in [0.15, 0.2) is 0 Å². The number of para-hydroxylation sites is 1. The fraction of sp³-hybridized carbons (Fsp3) is 0.312. The minimum absolute atomic E-state index is 0.0847. The van der Waals surface area contributed by atoms with Crippen LogP contribution in [0.15, 0.2) is 36.7 Å². The first-order valence-corrected chi connectivity index (χ1v) is 7.26. The second-order valence-corrected chi connectivity index (χ2v) is 5.13. The van der Waals surface area contributed by atoms with E-state index in [9.17, 15) is 4.79 Å². The molecule has 1 saturated heterocycles. The van der Waals surface area contributed by atoms with Gasteiger partial charge in [0.25, 0.3) is 5.91 Å². The molecule has 1 amide bonds. The minimum atomic E-state index is -0.0847. The van der Waals surface area contributed by atoms with E-state index in [2.05, 4.69) is 15.3 Å². The van der Waals surface area contributed by atoms with E-state index in [4.69, 9.17) is 4.74 Å². The van der Waals surface area contributed by atoms with Crippen molar-refractivity contribution in [3.05, 3.63) is 47.9 Å². The molecule has 2 aromatic rings. The van der Waals surface area contributed by atoms with Crippen molar-refractivity contribution < 1.29 is 9.53 Å². The van der Waals surface area contributed by atoms with Crippen LogP contribution < -0.4 is 5.32 Å². The Morgan fingerprint density at radius 1 is 1.23 bits per heavy atom. The molecule has 0 unspecified atom stereocenters. The predicted octanol–water partition coefficient (Wildman–Crippen LogP) is 2.00. The van der Waals surface area contributed by atoms with Crippen molar-refractivity contribution in [3.8, 4) is 0 Å². The molecule has 0 atom stereocenters. The topological polar surface area (TPSA) is 67.4 Å². The normalized spacial score (nSPS) is 14.7. The molecule has 0 bridgehead atoms. The molecule has 0 spiro atoms. The largest absolute Gasteiger partial charge is 0.378 e. The highest BCUT2D eigenvalue weighted by Crippen LogP contribution is 2.19. The Morgan fingerprint density at radius 2 is 2.00 bits per heavy atom. The van der Waals surface area contributed by atoms with Crippen molar-refractivity contribution in [2.75, 3.05) is 31.6 Å². The number of carbonyl (C=O) groups excluding carboxylic acids is 1. The van der Waals surface area contributed by atoms with Crippen LogP contribution >= 0.6 is 0 Å². The van der Waals surface area contributed by atoms with Crippen molar-refractivity contribution in [1.82, 2.24) is 14.9 Å². The number of morpholine rings is 1. The fourth-order valence-electron chi connectivity index (χ4n) is 2.32. The molecule has 1 aromatic carbocycles. The van der Waals surface area contributed by atoms with Crippen molar-refractivity contribution in [2.24, 2.45) is 0 Å². The van der Waals surface area contributed by atoms with Gasteiger partial charge in [-0.3, -0.25) is 4.79 Å². The summed E-state index contributed by atoms with van der Waals surface area (Å²) in [6, 6.07) is 9.61. The van der Waals surface area contributed by atoms with Gasteiger partial charge in [-0.25, -0.2) is 9.97 Å². The van der Waals surface area contributed by atoms with Gasteiger partial charge in [-0.05, 0) is 18.6 Å². The number of amides is 1. The van der Waals surface area contributed by atoms with Crippen LogP contribution in [0, 0.1) is 6.92 Å². The number of hydrogen-bond donors (Lipinski definition) is 1. The molecule has 1 fully saturated rings. The summed E-state index contributed by atoms with van der Waals surface area (Å²) < 4.78 is 5.26. The number of nitrogens with zero attached hydrogens (tertiary/aromatic N) is 3. The molecule has 0 saturated carbocycles. The van der Waals surface area contributed by atoms with E-state index in [1.165, 1.54) is 6.33 Å². The highest BCUT2D eigenvalue weighted by Gasteiger charge is 2.20. The number of anilines is 2. The summed E-state index contributed by atoms with van der Waals surface area (Å²) >= 11 is 0. The Hall–Kier alpha value is -2.47. The third kappa shape index (κ3) is 3.23. The van der Waals surface area contributed by atoms with Gasteiger partial charge in [-0.15, -0.1) is 0 Å². The van der Waals surface area contributed by atoms with Gasteiger partial charge in [0, 0.05) is 24.8 Å². The fourth-order valence-corrected chi connectivity index (χ4v) is 2.32. The average molecular weight is 298 g/mol. The smallest absolute Gasteiger partial charge is 0.272 e. The molecule has 6 nitrogen and oxygen atoms in total. The molecule has 1 aliphatic rings. The third-order valence-electron chi connectivity index (χ3n) is 3.59. The van der Waals surface area contributed by atoms with Crippen LogP contribution in [-0.2, 0) is 4.74 Å². The third-order valence-corrected chi connectivity index (χ3v) is 3.59. The van der Waals surface area contributed by atoms with Gasteiger partial charge in [0.05, 0.1) is 13.2 Å². The highest BCUT2D eigenvalue weighted by atomic mass is 16.5. The van der Waals surface area contributed by atoms with E-state index in [0.29, 0.717) is 37.8 Å². The highest BCUT2D eigenvalue weighted by molar-refractivity contribution is 5.93. The monoisotopic (exact) mass is 298 g/mol. The second-order valence-electron chi connectivity index (χ2n) is 5.13. The van der Waals surface area contributed by atoms with Gasteiger partial charge in [0.1, 0.15) is 17.8 Å². The molecular weight excluding hydrogens is 280 g/mol. The van der Waals surface area contributed by atoms with Crippen molar-refractivity contribution in [3.63, 3.8) is 0 Å². The first kappa shape index (κ1) is 14.5. The van der Waals surface area contributed by atoms with Crippen molar-refractivity contribution >= 4 is 17.4 Å². The van der Waals surface area contributed by atoms with Crippen molar-refractivity contribution in [1.29, 1.82) is 0 Å². The number of hydrogen-bond acceptors (Lipinski definition) is 5. The van der Waals surface area contributed by atoms with Crippen LogP contribution in [-0.4, -0.2) is 47.1 Å². The van der Waals surface area contributed by atoms with Crippen LogP contribution in [0.5, 0.6) is 0 Å². The van der Waals surface area contributed by atoms with E-state index in [1.807, 2.05) is 31.2 Å².